The van der Waals surface area contributed by atoms with E-state index in [0.717, 1.165) is 38.5 Å². The molecule has 96 valence electrons. The highest BCUT2D eigenvalue weighted by Gasteiger charge is 2.22. The van der Waals surface area contributed by atoms with Crippen LogP contribution in [-0.2, 0) is 17.8 Å². The minimum atomic E-state index is 0.446. The molecule has 1 aliphatic rings. The highest BCUT2D eigenvalue weighted by atomic mass is 16.5. The average Bonchev–Trinajstić information content (AvgIpc) is 3.09. The van der Waals surface area contributed by atoms with Crippen LogP contribution in [0.25, 0.3) is 0 Å². The fraction of sp³-hybridized carbons (Fsp3) is 0.538. The number of ether oxygens (including phenoxy) is 1. The molecule has 5 nitrogen and oxygen atoms in total. The molecular formula is C13H18N4O. The van der Waals surface area contributed by atoms with Crippen LogP contribution in [0, 0.1) is 0 Å². The first-order valence-electron chi connectivity index (χ1n) is 6.47. The van der Waals surface area contributed by atoms with Crippen molar-refractivity contribution in [2.45, 2.75) is 32.4 Å². The standard InChI is InChI=1S/C13H18N4O/c1-2-17-9-11(7-15-17)8-16-5-4-14-13(16)12-3-6-18-10-12/h4-5,7,9,12H,2-3,6,8,10H2,1H3. The minimum absolute atomic E-state index is 0.446. The summed E-state index contributed by atoms with van der Waals surface area (Å²) in [6.45, 7) is 5.49. The fourth-order valence-electron chi connectivity index (χ4n) is 2.41. The lowest BCUT2D eigenvalue weighted by molar-refractivity contribution is 0.192. The Labute approximate surface area is 106 Å². The number of nitrogens with zero attached hydrogens (tertiary/aromatic N) is 4. The van der Waals surface area contributed by atoms with Gasteiger partial charge in [-0.25, -0.2) is 4.98 Å². The summed E-state index contributed by atoms with van der Waals surface area (Å²) in [6.07, 6.45) is 9.01. The Morgan fingerprint density at radius 3 is 3.17 bits per heavy atom. The third-order valence-electron chi connectivity index (χ3n) is 3.41. The van der Waals surface area contributed by atoms with Crippen molar-refractivity contribution in [2.24, 2.45) is 0 Å². The average molecular weight is 246 g/mol. The van der Waals surface area contributed by atoms with Gasteiger partial charge in [-0.15, -0.1) is 0 Å². The highest BCUT2D eigenvalue weighted by Crippen LogP contribution is 2.24. The van der Waals surface area contributed by atoms with Crippen molar-refractivity contribution < 1.29 is 4.74 Å². The van der Waals surface area contributed by atoms with Gasteiger partial charge in [-0.3, -0.25) is 4.68 Å². The molecule has 0 N–H and O–H groups in total. The van der Waals surface area contributed by atoms with Crippen LogP contribution in [0.15, 0.2) is 24.8 Å². The third kappa shape index (κ3) is 2.18. The van der Waals surface area contributed by atoms with Crippen LogP contribution in [0.3, 0.4) is 0 Å². The SMILES string of the molecule is CCn1cc(Cn2ccnc2C2CCOC2)cn1. The summed E-state index contributed by atoms with van der Waals surface area (Å²) in [7, 11) is 0. The van der Waals surface area contributed by atoms with Crippen molar-refractivity contribution in [3.8, 4) is 0 Å². The molecule has 3 heterocycles. The van der Waals surface area contributed by atoms with Crippen LogP contribution in [0.4, 0.5) is 0 Å². The van der Waals surface area contributed by atoms with Crippen molar-refractivity contribution in [2.75, 3.05) is 13.2 Å². The molecule has 1 aliphatic heterocycles. The Hall–Kier alpha value is -1.62. The molecule has 1 saturated heterocycles. The third-order valence-corrected chi connectivity index (χ3v) is 3.41. The van der Waals surface area contributed by atoms with Crippen LogP contribution in [0.2, 0.25) is 0 Å². The zero-order chi connectivity index (χ0) is 12.4. The Morgan fingerprint density at radius 1 is 1.50 bits per heavy atom. The zero-order valence-electron chi connectivity index (χ0n) is 10.6. The first-order valence-corrected chi connectivity index (χ1v) is 6.47. The largest absolute Gasteiger partial charge is 0.381 e. The quantitative estimate of drug-likeness (QED) is 0.824. The van der Waals surface area contributed by atoms with E-state index < -0.39 is 0 Å². The summed E-state index contributed by atoms with van der Waals surface area (Å²) in [5.74, 6) is 1.58. The molecular weight excluding hydrogens is 228 g/mol. The molecule has 2 aromatic rings. The van der Waals surface area contributed by atoms with E-state index in [4.69, 9.17) is 4.74 Å². The number of imidazole rings is 1. The van der Waals surface area contributed by atoms with Crippen LogP contribution < -0.4 is 0 Å². The van der Waals surface area contributed by atoms with Gasteiger partial charge < -0.3 is 9.30 Å². The number of aryl methyl sites for hydroxylation is 1. The predicted octanol–water partition coefficient (Wildman–Crippen LogP) is 1.65. The van der Waals surface area contributed by atoms with Crippen LogP contribution >= 0.6 is 0 Å². The molecule has 3 rings (SSSR count). The number of rotatable bonds is 4. The van der Waals surface area contributed by atoms with E-state index >= 15 is 0 Å². The summed E-state index contributed by atoms with van der Waals surface area (Å²) in [6, 6.07) is 0. The molecule has 2 aromatic heterocycles. The van der Waals surface area contributed by atoms with Gasteiger partial charge >= 0.3 is 0 Å². The van der Waals surface area contributed by atoms with Gasteiger partial charge in [0.1, 0.15) is 5.82 Å². The molecule has 0 saturated carbocycles. The van der Waals surface area contributed by atoms with E-state index in [-0.39, 0.29) is 0 Å². The summed E-state index contributed by atoms with van der Waals surface area (Å²) in [5.41, 5.74) is 1.22. The minimum Gasteiger partial charge on any atom is -0.381 e. The van der Waals surface area contributed by atoms with E-state index in [1.807, 2.05) is 23.3 Å². The maximum atomic E-state index is 5.44. The fourth-order valence-corrected chi connectivity index (χ4v) is 2.41. The van der Waals surface area contributed by atoms with Crippen LogP contribution in [-0.4, -0.2) is 32.5 Å². The van der Waals surface area contributed by atoms with Crippen molar-refractivity contribution in [3.05, 3.63) is 36.2 Å². The molecule has 0 radical (unpaired) electrons. The molecule has 0 amide bonds. The predicted molar refractivity (Wildman–Crippen MR) is 67.4 cm³/mol. The Bertz CT molecular complexity index is 511. The first-order chi connectivity index (χ1) is 8.86. The second-order valence-corrected chi connectivity index (χ2v) is 4.68. The lowest BCUT2D eigenvalue weighted by Crippen LogP contribution is -2.09. The van der Waals surface area contributed by atoms with Crippen LogP contribution in [0.1, 0.15) is 30.7 Å². The smallest absolute Gasteiger partial charge is 0.114 e. The molecule has 0 aliphatic carbocycles. The van der Waals surface area contributed by atoms with E-state index in [1.54, 1.807) is 0 Å². The van der Waals surface area contributed by atoms with Crippen molar-refractivity contribution >= 4 is 0 Å². The van der Waals surface area contributed by atoms with Gasteiger partial charge in [0.15, 0.2) is 0 Å². The first kappa shape index (κ1) is 11.5. The van der Waals surface area contributed by atoms with Gasteiger partial charge in [0.05, 0.1) is 19.3 Å². The van der Waals surface area contributed by atoms with Gasteiger partial charge in [0, 0.05) is 43.2 Å². The molecule has 0 aromatic carbocycles. The lowest BCUT2D eigenvalue weighted by atomic mass is 10.1. The number of hydrogen-bond donors (Lipinski definition) is 0. The lowest BCUT2D eigenvalue weighted by Gasteiger charge is -2.10. The maximum absolute atomic E-state index is 5.44. The molecule has 1 atom stereocenters. The molecule has 1 unspecified atom stereocenters. The Morgan fingerprint density at radius 2 is 2.44 bits per heavy atom. The van der Waals surface area contributed by atoms with E-state index in [0.29, 0.717) is 5.92 Å². The number of aromatic nitrogens is 4. The highest BCUT2D eigenvalue weighted by molar-refractivity contribution is 5.09. The van der Waals surface area contributed by atoms with Gasteiger partial charge in [-0.1, -0.05) is 0 Å². The monoisotopic (exact) mass is 246 g/mol. The second-order valence-electron chi connectivity index (χ2n) is 4.68. The summed E-state index contributed by atoms with van der Waals surface area (Å²) < 4.78 is 9.59. The Balaban J connectivity index is 1.78. The van der Waals surface area contributed by atoms with Gasteiger partial charge in [0.2, 0.25) is 0 Å². The van der Waals surface area contributed by atoms with Gasteiger partial charge in [-0.2, -0.15) is 5.10 Å². The van der Waals surface area contributed by atoms with E-state index in [1.165, 1.54) is 5.56 Å². The second kappa shape index (κ2) is 4.94. The molecule has 1 fully saturated rings. The molecule has 18 heavy (non-hydrogen) atoms. The molecule has 0 bridgehead atoms. The zero-order valence-corrected chi connectivity index (χ0v) is 10.6. The maximum Gasteiger partial charge on any atom is 0.114 e. The van der Waals surface area contributed by atoms with E-state index in [2.05, 4.69) is 27.8 Å². The topological polar surface area (TPSA) is 44.9 Å². The summed E-state index contributed by atoms with van der Waals surface area (Å²) >= 11 is 0. The molecule has 5 heteroatoms. The van der Waals surface area contributed by atoms with Crippen LogP contribution in [0.5, 0.6) is 0 Å². The van der Waals surface area contributed by atoms with E-state index in [9.17, 15) is 0 Å². The van der Waals surface area contributed by atoms with Crippen molar-refractivity contribution in [3.63, 3.8) is 0 Å². The normalized spacial score (nSPS) is 19.5. The number of hydrogen-bond acceptors (Lipinski definition) is 3. The van der Waals surface area contributed by atoms with Crippen molar-refractivity contribution in [1.29, 1.82) is 0 Å². The molecule has 0 spiro atoms. The van der Waals surface area contributed by atoms with Crippen molar-refractivity contribution in [1.82, 2.24) is 19.3 Å². The van der Waals surface area contributed by atoms with Gasteiger partial charge in [-0.05, 0) is 13.3 Å². The van der Waals surface area contributed by atoms with Gasteiger partial charge in [0.25, 0.3) is 0 Å². The Kier molecular flexibility index (Phi) is 3.15. The summed E-state index contributed by atoms with van der Waals surface area (Å²) in [4.78, 5) is 4.48. The summed E-state index contributed by atoms with van der Waals surface area (Å²) in [5, 5.41) is 4.30.